The van der Waals surface area contributed by atoms with Crippen molar-refractivity contribution in [2.75, 3.05) is 6.54 Å². The molecular weight excluding hydrogens is 390 g/mol. The van der Waals surface area contributed by atoms with Crippen molar-refractivity contribution in [1.82, 2.24) is 24.3 Å². The number of imide groups is 1. The first-order valence-corrected chi connectivity index (χ1v) is 9.81. The van der Waals surface area contributed by atoms with Gasteiger partial charge in [0, 0.05) is 6.54 Å². The lowest BCUT2D eigenvalue weighted by molar-refractivity contribution is -0.120. The van der Waals surface area contributed by atoms with Gasteiger partial charge in [0.25, 0.3) is 0 Å². The summed E-state index contributed by atoms with van der Waals surface area (Å²) in [5, 5.41) is 4.68. The third-order valence-electron chi connectivity index (χ3n) is 4.68. The lowest BCUT2D eigenvalue weighted by Crippen LogP contribution is -2.56. The molecule has 3 amide bonds. The highest BCUT2D eigenvalue weighted by Crippen LogP contribution is 2.19. The van der Waals surface area contributed by atoms with Crippen molar-refractivity contribution in [2.45, 2.75) is 51.7 Å². The van der Waals surface area contributed by atoms with E-state index in [1.807, 2.05) is 0 Å². The van der Waals surface area contributed by atoms with Gasteiger partial charge in [0.15, 0.2) is 0 Å². The van der Waals surface area contributed by atoms with Crippen LogP contribution in [0.4, 0.5) is 4.79 Å². The third kappa shape index (κ3) is 5.79. The Hall–Kier alpha value is -3.43. The van der Waals surface area contributed by atoms with E-state index in [0.717, 1.165) is 28.4 Å². The number of allylic oxidation sites excluding steroid dienone is 3. The maximum Gasteiger partial charge on any atom is 0.337 e. The zero-order chi connectivity index (χ0) is 22.1. The van der Waals surface area contributed by atoms with Gasteiger partial charge in [0.1, 0.15) is 6.54 Å². The van der Waals surface area contributed by atoms with E-state index in [0.29, 0.717) is 17.5 Å². The summed E-state index contributed by atoms with van der Waals surface area (Å²) in [6.45, 7) is 6.36. The van der Waals surface area contributed by atoms with Crippen molar-refractivity contribution < 1.29 is 9.59 Å². The molecule has 0 aliphatic heterocycles. The molecule has 0 aromatic carbocycles. The van der Waals surface area contributed by atoms with Crippen LogP contribution in [0.25, 0.3) is 0 Å². The van der Waals surface area contributed by atoms with Crippen LogP contribution in [-0.2, 0) is 24.4 Å². The van der Waals surface area contributed by atoms with Crippen molar-refractivity contribution in [3.05, 3.63) is 68.4 Å². The van der Waals surface area contributed by atoms with Crippen molar-refractivity contribution in [2.24, 2.45) is 0 Å². The molecule has 0 saturated carbocycles. The van der Waals surface area contributed by atoms with Gasteiger partial charge in [-0.05, 0) is 32.1 Å². The Labute approximate surface area is 173 Å². The molecule has 10 heteroatoms. The molecule has 0 saturated heterocycles. The normalized spacial score (nSPS) is 13.3. The van der Waals surface area contributed by atoms with Crippen LogP contribution in [0.3, 0.4) is 0 Å². The fourth-order valence-corrected chi connectivity index (χ4v) is 3.21. The predicted octanol–water partition coefficient (Wildman–Crippen LogP) is 0.260. The highest BCUT2D eigenvalue weighted by Gasteiger charge is 2.17. The molecule has 30 heavy (non-hydrogen) atoms. The number of nitrogens with one attached hydrogen (secondary N) is 2. The van der Waals surface area contributed by atoms with Crippen LogP contribution in [0, 0.1) is 0 Å². The summed E-state index contributed by atoms with van der Waals surface area (Å²) in [7, 11) is 0. The molecule has 1 aliphatic carbocycles. The van der Waals surface area contributed by atoms with Crippen LogP contribution >= 0.6 is 0 Å². The molecule has 0 unspecified atom stereocenters. The summed E-state index contributed by atoms with van der Waals surface area (Å²) >= 11 is 0. The zero-order valence-corrected chi connectivity index (χ0v) is 16.9. The molecular formula is C20H27N5O5. The van der Waals surface area contributed by atoms with Gasteiger partial charge in [-0.3, -0.25) is 10.1 Å². The van der Waals surface area contributed by atoms with Crippen LogP contribution < -0.4 is 27.7 Å². The number of aromatic nitrogens is 3. The molecule has 0 bridgehead atoms. The van der Waals surface area contributed by atoms with Gasteiger partial charge < -0.3 is 5.32 Å². The van der Waals surface area contributed by atoms with Gasteiger partial charge >= 0.3 is 23.1 Å². The Morgan fingerprint density at radius 3 is 2.10 bits per heavy atom. The van der Waals surface area contributed by atoms with Gasteiger partial charge in [-0.2, -0.15) is 0 Å². The van der Waals surface area contributed by atoms with Gasteiger partial charge in [-0.15, -0.1) is 13.2 Å². The van der Waals surface area contributed by atoms with Gasteiger partial charge in [0.2, 0.25) is 5.91 Å². The van der Waals surface area contributed by atoms with Gasteiger partial charge in [-0.1, -0.05) is 23.8 Å². The standard InChI is InChI=1S/C20H27N5O5/c1-3-12-23-18(28)24(13-4-2)20(30)25(19(23)29)14-16(26)22-17(27)21-11-10-15-8-6-5-7-9-15/h3-4,8H,1-2,5-7,9-14H2,(H2,21,22,26,27). The van der Waals surface area contributed by atoms with E-state index in [4.69, 9.17) is 0 Å². The fraction of sp³-hybridized carbons (Fsp3) is 0.450. The Balaban J connectivity index is 2.07. The van der Waals surface area contributed by atoms with Crippen molar-refractivity contribution >= 4 is 11.9 Å². The molecule has 1 aliphatic rings. The topological polar surface area (TPSA) is 124 Å². The van der Waals surface area contributed by atoms with E-state index < -0.39 is 35.6 Å². The summed E-state index contributed by atoms with van der Waals surface area (Å²) in [5.74, 6) is -0.850. The largest absolute Gasteiger partial charge is 0.337 e. The summed E-state index contributed by atoms with van der Waals surface area (Å²) < 4.78 is 2.16. The highest BCUT2D eigenvalue weighted by molar-refractivity contribution is 5.94. The molecule has 0 spiro atoms. The number of carbonyl (C=O) groups excluding carboxylic acids is 2. The average molecular weight is 417 g/mol. The third-order valence-corrected chi connectivity index (χ3v) is 4.68. The van der Waals surface area contributed by atoms with Crippen LogP contribution in [0.15, 0.2) is 51.3 Å². The van der Waals surface area contributed by atoms with E-state index in [2.05, 4.69) is 29.9 Å². The first-order valence-electron chi connectivity index (χ1n) is 9.81. The minimum Gasteiger partial charge on any atom is -0.337 e. The SMILES string of the molecule is C=CCn1c(=O)n(CC=C)c(=O)n(CC(=O)NC(=O)NCCC2=CCCCC2)c1=O. The first kappa shape index (κ1) is 22.9. The van der Waals surface area contributed by atoms with Crippen molar-refractivity contribution in [3.8, 4) is 0 Å². The molecule has 2 N–H and O–H groups in total. The Kier molecular flexibility index (Phi) is 8.33. The zero-order valence-electron chi connectivity index (χ0n) is 16.9. The van der Waals surface area contributed by atoms with Crippen molar-refractivity contribution in [1.29, 1.82) is 0 Å². The molecule has 0 radical (unpaired) electrons. The summed E-state index contributed by atoms with van der Waals surface area (Å²) in [4.78, 5) is 61.4. The van der Waals surface area contributed by atoms with Crippen LogP contribution in [-0.4, -0.2) is 32.2 Å². The number of urea groups is 1. The molecule has 0 fully saturated rings. The number of rotatable bonds is 9. The van der Waals surface area contributed by atoms with E-state index in [9.17, 15) is 24.0 Å². The average Bonchev–Trinajstić information content (AvgIpc) is 2.72. The first-order chi connectivity index (χ1) is 14.4. The molecule has 0 atom stereocenters. The summed E-state index contributed by atoms with van der Waals surface area (Å²) in [6, 6.07) is -0.713. The number of nitrogens with zero attached hydrogens (tertiary/aromatic N) is 3. The van der Waals surface area contributed by atoms with Crippen molar-refractivity contribution in [3.63, 3.8) is 0 Å². The van der Waals surface area contributed by atoms with Gasteiger partial charge in [-0.25, -0.2) is 32.9 Å². The van der Waals surface area contributed by atoms with Crippen LogP contribution in [0.1, 0.15) is 32.1 Å². The number of carbonyl (C=O) groups is 2. The van der Waals surface area contributed by atoms with E-state index >= 15 is 0 Å². The molecule has 2 rings (SSSR count). The molecule has 1 aromatic rings. The maximum absolute atomic E-state index is 12.5. The van der Waals surface area contributed by atoms with Crippen LogP contribution in [0.5, 0.6) is 0 Å². The monoisotopic (exact) mass is 417 g/mol. The summed E-state index contributed by atoms with van der Waals surface area (Å²) in [6.07, 6.45) is 9.92. The lowest BCUT2D eigenvalue weighted by atomic mass is 9.97. The molecule has 162 valence electrons. The second kappa shape index (κ2) is 10.9. The Morgan fingerprint density at radius 2 is 1.57 bits per heavy atom. The predicted molar refractivity (Wildman–Crippen MR) is 112 cm³/mol. The second-order valence-corrected chi connectivity index (χ2v) is 6.89. The van der Waals surface area contributed by atoms with Gasteiger partial charge in [0.05, 0.1) is 13.1 Å². The highest BCUT2D eigenvalue weighted by atomic mass is 16.2. The molecule has 10 nitrogen and oxygen atoms in total. The summed E-state index contributed by atoms with van der Waals surface area (Å²) in [5.41, 5.74) is -1.45. The second-order valence-electron chi connectivity index (χ2n) is 6.89. The number of hydrogen-bond donors (Lipinski definition) is 2. The Morgan fingerprint density at radius 1 is 0.967 bits per heavy atom. The minimum absolute atomic E-state index is 0.132. The quantitative estimate of drug-likeness (QED) is 0.558. The lowest BCUT2D eigenvalue weighted by Gasteiger charge is -2.13. The number of hydrogen-bond acceptors (Lipinski definition) is 5. The van der Waals surface area contributed by atoms with E-state index in [1.165, 1.54) is 24.1 Å². The molecule has 1 heterocycles. The Bertz CT molecular complexity index is 979. The molecule has 1 aromatic heterocycles. The van der Waals surface area contributed by atoms with E-state index in [1.54, 1.807) is 0 Å². The number of amides is 3. The van der Waals surface area contributed by atoms with Crippen LogP contribution in [0.2, 0.25) is 0 Å². The fourth-order valence-electron chi connectivity index (χ4n) is 3.21. The van der Waals surface area contributed by atoms with E-state index in [-0.39, 0.29) is 13.1 Å². The maximum atomic E-state index is 12.5. The minimum atomic E-state index is -0.954. The smallest absolute Gasteiger partial charge is 0.337 e.